The van der Waals surface area contributed by atoms with Crippen LogP contribution in [0.1, 0.15) is 44.3 Å². The van der Waals surface area contributed by atoms with Gasteiger partial charge in [0.25, 0.3) is 11.9 Å². The van der Waals surface area contributed by atoms with E-state index in [0.29, 0.717) is 11.6 Å². The molecule has 8 nitrogen and oxygen atoms in total. The molecular weight excluding hydrogens is 459 g/mol. The summed E-state index contributed by atoms with van der Waals surface area (Å²) in [5.41, 5.74) is 5.67. The number of nitrogens with one attached hydrogen (secondary N) is 2. The molecule has 0 fully saturated rings. The molecule has 4 aromatic rings. The van der Waals surface area contributed by atoms with Gasteiger partial charge in [0.2, 0.25) is 5.91 Å². The molecule has 0 spiro atoms. The molecule has 0 unspecified atom stereocenters. The summed E-state index contributed by atoms with van der Waals surface area (Å²) in [6, 6.07) is 14.5. The Balaban J connectivity index is 1.40. The number of amides is 2. The van der Waals surface area contributed by atoms with Gasteiger partial charge in [-0.15, -0.1) is 0 Å². The topological polar surface area (TPSA) is 102 Å². The fraction of sp³-hybridized carbons (Fsp3) is 0.222. The van der Waals surface area contributed by atoms with Gasteiger partial charge in [-0.3, -0.25) is 9.59 Å². The number of nitrogens with zero attached hydrogens (tertiary/aromatic N) is 4. The molecule has 0 saturated heterocycles. The maximum absolute atomic E-state index is 13.4. The van der Waals surface area contributed by atoms with Crippen LogP contribution in [0.25, 0.3) is 5.95 Å². The van der Waals surface area contributed by atoms with Crippen LogP contribution in [0.15, 0.2) is 54.6 Å². The molecule has 184 valence electrons. The Kier molecular flexibility index (Phi) is 7.19. The zero-order chi connectivity index (χ0) is 25.8. The Bertz CT molecular complexity index is 1430. The van der Waals surface area contributed by atoms with Gasteiger partial charge in [-0.05, 0) is 69.7 Å². The highest BCUT2D eigenvalue weighted by Gasteiger charge is 2.18. The third-order valence-corrected chi connectivity index (χ3v) is 5.70. The lowest BCUT2D eigenvalue weighted by Crippen LogP contribution is -2.25. The zero-order valence-corrected chi connectivity index (χ0v) is 20.6. The highest BCUT2D eigenvalue weighted by atomic mass is 19.1. The van der Waals surface area contributed by atoms with Crippen molar-refractivity contribution in [1.29, 1.82) is 0 Å². The van der Waals surface area contributed by atoms with Crippen LogP contribution in [-0.4, -0.2) is 31.6 Å². The van der Waals surface area contributed by atoms with E-state index in [1.54, 1.807) is 28.9 Å². The van der Waals surface area contributed by atoms with Gasteiger partial charge in [0, 0.05) is 40.4 Å². The second-order valence-electron chi connectivity index (χ2n) is 8.63. The highest BCUT2D eigenvalue weighted by molar-refractivity contribution is 6.04. The van der Waals surface area contributed by atoms with Crippen LogP contribution in [-0.2, 0) is 17.8 Å². The van der Waals surface area contributed by atoms with Crippen LogP contribution < -0.4 is 10.6 Å². The van der Waals surface area contributed by atoms with Crippen LogP contribution >= 0.6 is 0 Å². The number of rotatable bonds is 7. The molecule has 2 amide bonds. The standard InChI is InChI=1S/C27H27FN6O2/c1-16-11-17(2)31-27(30-16)34-19(4)24(18(3)33-34)14-25(35)29-15-20-7-5-10-23(12-20)32-26(36)21-8-6-9-22(28)13-21/h5-13H,14-15H2,1-4H3,(H,29,35)(H,32,36). The van der Waals surface area contributed by atoms with E-state index in [2.05, 4.69) is 25.7 Å². The van der Waals surface area contributed by atoms with Crippen LogP contribution in [0.4, 0.5) is 10.1 Å². The molecule has 2 aromatic carbocycles. The number of carbonyl (C=O) groups excluding carboxylic acids is 2. The Labute approximate surface area is 208 Å². The van der Waals surface area contributed by atoms with Gasteiger partial charge in [0.1, 0.15) is 5.82 Å². The quantitative estimate of drug-likeness (QED) is 0.409. The van der Waals surface area contributed by atoms with E-state index in [9.17, 15) is 14.0 Å². The molecule has 9 heteroatoms. The molecule has 36 heavy (non-hydrogen) atoms. The van der Waals surface area contributed by atoms with E-state index in [-0.39, 0.29) is 24.4 Å². The van der Waals surface area contributed by atoms with Crippen molar-refractivity contribution >= 4 is 17.5 Å². The predicted octanol–water partition coefficient (Wildman–Crippen LogP) is 4.15. The number of aryl methyl sites for hydroxylation is 3. The molecule has 0 aliphatic rings. The van der Waals surface area contributed by atoms with Gasteiger partial charge in [-0.1, -0.05) is 18.2 Å². The second kappa shape index (κ2) is 10.5. The van der Waals surface area contributed by atoms with Gasteiger partial charge in [-0.25, -0.2) is 19.0 Å². The minimum Gasteiger partial charge on any atom is -0.352 e. The van der Waals surface area contributed by atoms with Crippen LogP contribution in [0.2, 0.25) is 0 Å². The van der Waals surface area contributed by atoms with Gasteiger partial charge in [0.15, 0.2) is 0 Å². The summed E-state index contributed by atoms with van der Waals surface area (Å²) in [7, 11) is 0. The molecule has 0 bridgehead atoms. The minimum atomic E-state index is -0.475. The number of carbonyl (C=O) groups is 2. The Hall–Kier alpha value is -4.40. The number of aromatic nitrogens is 4. The van der Waals surface area contributed by atoms with Crippen molar-refractivity contribution in [2.45, 2.75) is 40.7 Å². The lowest BCUT2D eigenvalue weighted by atomic mass is 10.1. The SMILES string of the molecule is Cc1cc(C)nc(-n2nc(C)c(CC(=O)NCc3cccc(NC(=O)c4cccc(F)c4)c3)c2C)n1. The Morgan fingerprint density at radius 2 is 1.67 bits per heavy atom. The number of hydrogen-bond acceptors (Lipinski definition) is 5. The van der Waals surface area contributed by atoms with Crippen molar-refractivity contribution in [2.75, 3.05) is 5.32 Å². The second-order valence-corrected chi connectivity index (χ2v) is 8.63. The normalized spacial score (nSPS) is 10.8. The molecule has 0 atom stereocenters. The maximum atomic E-state index is 13.4. The molecule has 0 aliphatic heterocycles. The minimum absolute atomic E-state index is 0.156. The molecule has 4 rings (SSSR count). The lowest BCUT2D eigenvalue weighted by Gasteiger charge is -2.09. The zero-order valence-electron chi connectivity index (χ0n) is 20.6. The third kappa shape index (κ3) is 5.80. The molecule has 0 radical (unpaired) electrons. The maximum Gasteiger partial charge on any atom is 0.255 e. The van der Waals surface area contributed by atoms with Gasteiger partial charge >= 0.3 is 0 Å². The summed E-state index contributed by atoms with van der Waals surface area (Å²) in [5, 5.41) is 10.2. The predicted molar refractivity (Wildman–Crippen MR) is 134 cm³/mol. The lowest BCUT2D eigenvalue weighted by molar-refractivity contribution is -0.120. The van der Waals surface area contributed by atoms with Gasteiger partial charge < -0.3 is 10.6 Å². The summed E-state index contributed by atoms with van der Waals surface area (Å²) in [6.07, 6.45) is 0.165. The molecule has 2 N–H and O–H groups in total. The highest BCUT2D eigenvalue weighted by Crippen LogP contribution is 2.18. The van der Waals surface area contributed by atoms with Crippen molar-refractivity contribution in [1.82, 2.24) is 25.1 Å². The Morgan fingerprint density at radius 1 is 0.944 bits per heavy atom. The fourth-order valence-electron chi connectivity index (χ4n) is 3.94. The fourth-order valence-corrected chi connectivity index (χ4v) is 3.94. The third-order valence-electron chi connectivity index (χ3n) is 5.70. The van der Waals surface area contributed by atoms with Crippen LogP contribution in [0.3, 0.4) is 0 Å². The number of anilines is 1. The van der Waals surface area contributed by atoms with Crippen molar-refractivity contribution in [3.63, 3.8) is 0 Å². The smallest absolute Gasteiger partial charge is 0.255 e. The van der Waals surface area contributed by atoms with Crippen LogP contribution in [0.5, 0.6) is 0 Å². The summed E-state index contributed by atoms with van der Waals surface area (Å²) in [4.78, 5) is 34.1. The van der Waals surface area contributed by atoms with Crippen molar-refractivity contribution < 1.29 is 14.0 Å². The monoisotopic (exact) mass is 486 g/mol. The summed E-state index contributed by atoms with van der Waals surface area (Å²) >= 11 is 0. The molecular formula is C27H27FN6O2. The average Bonchev–Trinajstić information content (AvgIpc) is 3.11. The summed E-state index contributed by atoms with van der Waals surface area (Å²) in [6.45, 7) is 7.85. The van der Waals surface area contributed by atoms with E-state index in [4.69, 9.17) is 0 Å². The van der Waals surface area contributed by atoms with Crippen molar-refractivity contribution in [3.8, 4) is 5.95 Å². The van der Waals surface area contributed by atoms with E-state index in [1.807, 2.05) is 39.8 Å². The van der Waals surface area contributed by atoms with Crippen molar-refractivity contribution in [2.24, 2.45) is 0 Å². The van der Waals surface area contributed by atoms with Gasteiger partial charge in [0.05, 0.1) is 12.1 Å². The summed E-state index contributed by atoms with van der Waals surface area (Å²) < 4.78 is 15.1. The van der Waals surface area contributed by atoms with Crippen molar-refractivity contribution in [3.05, 3.63) is 99.9 Å². The van der Waals surface area contributed by atoms with E-state index >= 15 is 0 Å². The molecule has 0 saturated carbocycles. The van der Waals surface area contributed by atoms with E-state index < -0.39 is 11.7 Å². The first-order valence-corrected chi connectivity index (χ1v) is 11.5. The number of benzene rings is 2. The molecule has 0 aliphatic carbocycles. The Morgan fingerprint density at radius 3 is 2.39 bits per heavy atom. The van der Waals surface area contributed by atoms with Gasteiger partial charge in [-0.2, -0.15) is 5.10 Å². The number of hydrogen-bond donors (Lipinski definition) is 2. The largest absolute Gasteiger partial charge is 0.352 e. The molecule has 2 heterocycles. The summed E-state index contributed by atoms with van der Waals surface area (Å²) in [5.74, 6) is -0.559. The van der Waals surface area contributed by atoms with Crippen LogP contribution in [0, 0.1) is 33.5 Å². The van der Waals surface area contributed by atoms with E-state index in [0.717, 1.165) is 33.9 Å². The van der Waals surface area contributed by atoms with E-state index in [1.165, 1.54) is 18.2 Å². The first kappa shape index (κ1) is 24.7. The molecule has 2 aromatic heterocycles. The number of halogens is 1. The first-order valence-electron chi connectivity index (χ1n) is 11.5. The first-order chi connectivity index (χ1) is 17.2. The average molecular weight is 487 g/mol.